The van der Waals surface area contributed by atoms with E-state index >= 15 is 0 Å². The van der Waals surface area contributed by atoms with E-state index in [9.17, 15) is 4.79 Å². The summed E-state index contributed by atoms with van der Waals surface area (Å²) in [6, 6.07) is 5.31. The second-order valence-electron chi connectivity index (χ2n) is 5.79. The second-order valence-corrected chi connectivity index (χ2v) is 6.61. The van der Waals surface area contributed by atoms with Crippen LogP contribution in [0.4, 0.5) is 0 Å². The van der Waals surface area contributed by atoms with Crippen molar-refractivity contribution in [3.63, 3.8) is 0 Å². The minimum absolute atomic E-state index is 0.0378. The number of nitrogens with one attached hydrogen (secondary N) is 1. The molecule has 0 saturated carbocycles. The SMILES string of the molecule is C[C@@H](C(=O)NCCN1CCN(C)CC1)c1c(Cl)cccc1Cl. The molecule has 1 aliphatic rings. The van der Waals surface area contributed by atoms with Crippen molar-refractivity contribution in [1.82, 2.24) is 15.1 Å². The first kappa shape index (κ1) is 17.5. The van der Waals surface area contributed by atoms with E-state index in [4.69, 9.17) is 23.2 Å². The van der Waals surface area contributed by atoms with Crippen LogP contribution in [0.5, 0.6) is 0 Å². The van der Waals surface area contributed by atoms with Gasteiger partial charge in [0, 0.05) is 54.9 Å². The van der Waals surface area contributed by atoms with Crippen molar-refractivity contribution in [2.24, 2.45) is 0 Å². The van der Waals surface area contributed by atoms with E-state index in [2.05, 4.69) is 22.2 Å². The van der Waals surface area contributed by atoms with Gasteiger partial charge in [0.25, 0.3) is 0 Å². The molecule has 1 aromatic carbocycles. The first-order chi connectivity index (χ1) is 10.5. The van der Waals surface area contributed by atoms with Gasteiger partial charge >= 0.3 is 0 Å². The molecule has 1 aliphatic heterocycles. The van der Waals surface area contributed by atoms with Crippen LogP contribution in [0.2, 0.25) is 10.0 Å². The van der Waals surface area contributed by atoms with Gasteiger partial charge in [-0.1, -0.05) is 29.3 Å². The molecule has 1 saturated heterocycles. The number of nitrogens with zero attached hydrogens (tertiary/aromatic N) is 2. The van der Waals surface area contributed by atoms with Crippen LogP contribution in [-0.4, -0.2) is 62.0 Å². The average molecular weight is 344 g/mol. The number of benzene rings is 1. The molecule has 1 aromatic rings. The lowest BCUT2D eigenvalue weighted by Crippen LogP contribution is -2.47. The summed E-state index contributed by atoms with van der Waals surface area (Å²) in [5, 5.41) is 4.05. The summed E-state index contributed by atoms with van der Waals surface area (Å²) in [7, 11) is 2.13. The van der Waals surface area contributed by atoms with Gasteiger partial charge < -0.3 is 10.2 Å². The first-order valence-corrected chi connectivity index (χ1v) is 8.37. The molecule has 1 heterocycles. The van der Waals surface area contributed by atoms with Crippen molar-refractivity contribution in [2.75, 3.05) is 46.3 Å². The number of likely N-dealkylation sites (N-methyl/N-ethyl adjacent to an activating group) is 1. The Morgan fingerprint density at radius 2 is 1.82 bits per heavy atom. The van der Waals surface area contributed by atoms with Crippen LogP contribution in [0.15, 0.2) is 18.2 Å². The van der Waals surface area contributed by atoms with Crippen molar-refractivity contribution in [3.8, 4) is 0 Å². The fourth-order valence-corrected chi connectivity index (χ4v) is 3.34. The maximum absolute atomic E-state index is 12.3. The lowest BCUT2D eigenvalue weighted by Gasteiger charge is -2.32. The fraction of sp³-hybridized carbons (Fsp3) is 0.562. The van der Waals surface area contributed by atoms with Crippen molar-refractivity contribution < 1.29 is 4.79 Å². The smallest absolute Gasteiger partial charge is 0.227 e. The first-order valence-electron chi connectivity index (χ1n) is 7.61. The number of hydrogen-bond acceptors (Lipinski definition) is 3. The molecule has 1 N–H and O–H groups in total. The van der Waals surface area contributed by atoms with Gasteiger partial charge in [-0.3, -0.25) is 9.69 Å². The number of halogens is 2. The van der Waals surface area contributed by atoms with E-state index in [0.717, 1.165) is 32.7 Å². The van der Waals surface area contributed by atoms with E-state index in [1.165, 1.54) is 0 Å². The van der Waals surface area contributed by atoms with Crippen LogP contribution >= 0.6 is 23.2 Å². The lowest BCUT2D eigenvalue weighted by molar-refractivity contribution is -0.122. The molecule has 1 atom stereocenters. The Hall–Kier alpha value is -0.810. The predicted octanol–water partition coefficient (Wildman–Crippen LogP) is 2.46. The van der Waals surface area contributed by atoms with Crippen LogP contribution in [0.3, 0.4) is 0 Å². The summed E-state index contributed by atoms with van der Waals surface area (Å²) >= 11 is 12.3. The third kappa shape index (κ3) is 4.59. The number of carbonyl (C=O) groups excluding carboxylic acids is 1. The van der Waals surface area contributed by atoms with Gasteiger partial charge in [-0.25, -0.2) is 0 Å². The molecule has 0 aromatic heterocycles. The van der Waals surface area contributed by atoms with E-state index in [1.807, 2.05) is 6.92 Å². The highest BCUT2D eigenvalue weighted by molar-refractivity contribution is 6.36. The Morgan fingerprint density at radius 3 is 2.41 bits per heavy atom. The Bertz CT molecular complexity index is 496. The molecule has 2 rings (SSSR count). The van der Waals surface area contributed by atoms with Gasteiger partial charge in [0.2, 0.25) is 5.91 Å². The Labute approximate surface area is 142 Å². The molecule has 6 heteroatoms. The molecule has 0 spiro atoms. The summed E-state index contributed by atoms with van der Waals surface area (Å²) in [5.41, 5.74) is 0.697. The maximum Gasteiger partial charge on any atom is 0.227 e. The minimum atomic E-state index is -0.353. The Kier molecular flexibility index (Phi) is 6.50. The highest BCUT2D eigenvalue weighted by Gasteiger charge is 2.21. The molecule has 122 valence electrons. The average Bonchev–Trinajstić information content (AvgIpc) is 2.49. The van der Waals surface area contributed by atoms with Crippen molar-refractivity contribution >= 4 is 29.1 Å². The van der Waals surface area contributed by atoms with E-state index < -0.39 is 0 Å². The van der Waals surface area contributed by atoms with Gasteiger partial charge in [0.15, 0.2) is 0 Å². The minimum Gasteiger partial charge on any atom is -0.354 e. The van der Waals surface area contributed by atoms with E-state index in [0.29, 0.717) is 22.2 Å². The molecule has 0 bridgehead atoms. The van der Waals surface area contributed by atoms with Gasteiger partial charge in [0.1, 0.15) is 0 Å². The van der Waals surface area contributed by atoms with Crippen molar-refractivity contribution in [3.05, 3.63) is 33.8 Å². The highest BCUT2D eigenvalue weighted by Crippen LogP contribution is 2.31. The molecular weight excluding hydrogens is 321 g/mol. The standard InChI is InChI=1S/C16H23Cl2N3O/c1-12(15-13(17)4-3-5-14(15)18)16(22)19-6-7-21-10-8-20(2)9-11-21/h3-5,12H,6-11H2,1-2H3,(H,19,22)/t12-/m1/s1. The van der Waals surface area contributed by atoms with E-state index in [-0.39, 0.29) is 11.8 Å². The Balaban J connectivity index is 1.82. The van der Waals surface area contributed by atoms with E-state index in [1.54, 1.807) is 18.2 Å². The van der Waals surface area contributed by atoms with Crippen LogP contribution in [0, 0.1) is 0 Å². The molecular formula is C16H23Cl2N3O. The normalized spacial score (nSPS) is 18.2. The zero-order valence-electron chi connectivity index (χ0n) is 13.1. The van der Waals surface area contributed by atoms with Gasteiger partial charge in [-0.15, -0.1) is 0 Å². The number of rotatable bonds is 5. The lowest BCUT2D eigenvalue weighted by atomic mass is 10.00. The molecule has 4 nitrogen and oxygen atoms in total. The van der Waals surface area contributed by atoms with Crippen LogP contribution in [0.25, 0.3) is 0 Å². The maximum atomic E-state index is 12.3. The van der Waals surface area contributed by atoms with Crippen LogP contribution in [-0.2, 0) is 4.79 Å². The quantitative estimate of drug-likeness (QED) is 0.891. The monoisotopic (exact) mass is 343 g/mol. The van der Waals surface area contributed by atoms with Gasteiger partial charge in [0.05, 0.1) is 5.92 Å². The third-order valence-corrected chi connectivity index (χ3v) is 4.81. The largest absolute Gasteiger partial charge is 0.354 e. The molecule has 0 radical (unpaired) electrons. The van der Waals surface area contributed by atoms with Gasteiger partial charge in [-0.2, -0.15) is 0 Å². The number of piperazine rings is 1. The highest BCUT2D eigenvalue weighted by atomic mass is 35.5. The predicted molar refractivity (Wildman–Crippen MR) is 91.8 cm³/mol. The van der Waals surface area contributed by atoms with Crippen molar-refractivity contribution in [2.45, 2.75) is 12.8 Å². The molecule has 0 unspecified atom stereocenters. The number of carbonyl (C=O) groups is 1. The van der Waals surface area contributed by atoms with Crippen LogP contribution < -0.4 is 5.32 Å². The van der Waals surface area contributed by atoms with Gasteiger partial charge in [-0.05, 0) is 26.1 Å². The number of hydrogen-bond donors (Lipinski definition) is 1. The fourth-order valence-electron chi connectivity index (χ4n) is 2.62. The Morgan fingerprint density at radius 1 is 1.23 bits per heavy atom. The summed E-state index contributed by atoms with van der Waals surface area (Å²) in [5.74, 6) is -0.391. The molecule has 1 amide bonds. The summed E-state index contributed by atoms with van der Waals surface area (Å²) in [4.78, 5) is 17.0. The molecule has 0 aliphatic carbocycles. The molecule has 1 fully saturated rings. The second kappa shape index (κ2) is 8.16. The zero-order valence-corrected chi connectivity index (χ0v) is 14.6. The summed E-state index contributed by atoms with van der Waals surface area (Å²) in [6.07, 6.45) is 0. The molecule has 22 heavy (non-hydrogen) atoms. The zero-order chi connectivity index (χ0) is 16.1. The van der Waals surface area contributed by atoms with Crippen molar-refractivity contribution in [1.29, 1.82) is 0 Å². The number of amides is 1. The summed E-state index contributed by atoms with van der Waals surface area (Å²) in [6.45, 7) is 7.63. The summed E-state index contributed by atoms with van der Waals surface area (Å²) < 4.78 is 0. The third-order valence-electron chi connectivity index (χ3n) is 4.15. The topological polar surface area (TPSA) is 35.6 Å². The van der Waals surface area contributed by atoms with Crippen LogP contribution in [0.1, 0.15) is 18.4 Å².